The Balaban J connectivity index is 1.50. The molecule has 6 unspecified atom stereocenters. The SMILES string of the molecule is Cc1c(O)c(O)cc2c1C(c1cn(C)c3ccccc13)C=C1C2(C)CC[C@@]2(C)C3CC(C)CCC3(C)CCC12C. The molecule has 1 heterocycles. The van der Waals surface area contributed by atoms with Gasteiger partial charge in [0.2, 0.25) is 0 Å². The predicted molar refractivity (Wildman–Crippen MR) is 164 cm³/mol. The number of fused-ring (bicyclic) bond motifs is 8. The number of aromatic hydroxyl groups is 2. The summed E-state index contributed by atoms with van der Waals surface area (Å²) < 4.78 is 2.24. The van der Waals surface area contributed by atoms with E-state index in [-0.39, 0.29) is 33.7 Å². The summed E-state index contributed by atoms with van der Waals surface area (Å²) in [6, 6.07) is 10.6. The molecular formula is C37H47NO2. The Labute approximate surface area is 240 Å². The van der Waals surface area contributed by atoms with Gasteiger partial charge in [-0.2, -0.15) is 0 Å². The Kier molecular flexibility index (Phi) is 5.38. The van der Waals surface area contributed by atoms with Crippen LogP contribution >= 0.6 is 0 Å². The number of benzene rings is 2. The van der Waals surface area contributed by atoms with E-state index in [0.29, 0.717) is 5.41 Å². The standard InChI is InChI=1S/C37H47NO2/c1-22-12-13-34(3)14-16-37(6)31-19-25(26-21-38(7)28-11-9-8-10-24(26)28)32-23(2)33(40)29(39)20-27(32)35(31,4)15-17-36(37,5)30(34)18-22/h8-11,19-22,25,30,39-40H,12-18H2,1-7H3/t22?,25?,30?,34?,35?,36-,37?/m0/s1. The highest BCUT2D eigenvalue weighted by atomic mass is 16.3. The lowest BCUT2D eigenvalue weighted by atomic mass is 9.35. The van der Waals surface area contributed by atoms with Gasteiger partial charge >= 0.3 is 0 Å². The van der Waals surface area contributed by atoms with Crippen LogP contribution < -0.4 is 0 Å². The lowest BCUT2D eigenvalue weighted by molar-refractivity contribution is -0.145. The van der Waals surface area contributed by atoms with E-state index in [4.69, 9.17) is 0 Å². The van der Waals surface area contributed by atoms with Crippen molar-refractivity contribution in [3.8, 4) is 11.5 Å². The van der Waals surface area contributed by atoms with E-state index in [0.717, 1.165) is 23.8 Å². The highest BCUT2D eigenvalue weighted by Gasteiger charge is 2.65. The number of phenolic OH excluding ortho intramolecular Hbond substituents is 2. The van der Waals surface area contributed by atoms with Crippen molar-refractivity contribution in [1.29, 1.82) is 0 Å². The fourth-order valence-electron chi connectivity index (χ4n) is 10.7. The molecule has 40 heavy (non-hydrogen) atoms. The lowest BCUT2D eigenvalue weighted by Gasteiger charge is -2.69. The van der Waals surface area contributed by atoms with Gasteiger partial charge in [0.1, 0.15) is 0 Å². The van der Waals surface area contributed by atoms with Crippen molar-refractivity contribution in [2.75, 3.05) is 0 Å². The van der Waals surface area contributed by atoms with E-state index in [2.05, 4.69) is 82.8 Å². The van der Waals surface area contributed by atoms with Crippen LogP contribution in [0.5, 0.6) is 11.5 Å². The number of hydrogen-bond acceptors (Lipinski definition) is 2. The molecule has 3 aromatic rings. The maximum Gasteiger partial charge on any atom is 0.160 e. The zero-order valence-electron chi connectivity index (χ0n) is 25.6. The number of hydrogen-bond donors (Lipinski definition) is 2. The van der Waals surface area contributed by atoms with E-state index in [1.165, 1.54) is 66.1 Å². The molecule has 1 aromatic heterocycles. The molecule has 3 fully saturated rings. The number of aryl methyl sites for hydroxylation is 1. The summed E-state index contributed by atoms with van der Waals surface area (Å²) in [5.74, 6) is 1.62. The minimum atomic E-state index is -0.158. The molecule has 3 nitrogen and oxygen atoms in total. The van der Waals surface area contributed by atoms with Gasteiger partial charge in [-0.3, -0.25) is 0 Å². The zero-order chi connectivity index (χ0) is 28.4. The highest BCUT2D eigenvalue weighted by molar-refractivity contribution is 5.86. The van der Waals surface area contributed by atoms with Gasteiger partial charge in [-0.15, -0.1) is 0 Å². The van der Waals surface area contributed by atoms with Gasteiger partial charge in [0.05, 0.1) is 0 Å². The molecule has 2 aromatic carbocycles. The van der Waals surface area contributed by atoms with Gasteiger partial charge in [-0.25, -0.2) is 0 Å². The maximum absolute atomic E-state index is 11.0. The van der Waals surface area contributed by atoms with Gasteiger partial charge < -0.3 is 14.8 Å². The summed E-state index contributed by atoms with van der Waals surface area (Å²) in [6.07, 6.45) is 13.9. The number of phenols is 2. The van der Waals surface area contributed by atoms with E-state index in [1.807, 2.05) is 13.0 Å². The molecule has 212 valence electrons. The highest BCUT2D eigenvalue weighted by Crippen LogP contribution is 2.74. The summed E-state index contributed by atoms with van der Waals surface area (Å²) in [7, 11) is 2.14. The van der Waals surface area contributed by atoms with Gasteiger partial charge in [-0.05, 0) is 108 Å². The summed E-state index contributed by atoms with van der Waals surface area (Å²) in [5, 5.41) is 23.3. The molecule has 0 aliphatic heterocycles. The second-order valence-electron chi connectivity index (χ2n) is 15.3. The first-order valence-electron chi connectivity index (χ1n) is 15.7. The second-order valence-corrected chi connectivity index (χ2v) is 15.3. The summed E-state index contributed by atoms with van der Waals surface area (Å²) in [6.45, 7) is 14.8. The average Bonchev–Trinajstić information content (AvgIpc) is 3.26. The minimum absolute atomic E-state index is 0.0196. The number of aromatic nitrogens is 1. The maximum atomic E-state index is 11.0. The van der Waals surface area contributed by atoms with Crippen LogP contribution in [0.25, 0.3) is 10.9 Å². The number of para-hydroxylation sites is 1. The number of rotatable bonds is 1. The molecule has 0 radical (unpaired) electrons. The molecule has 3 saturated carbocycles. The van der Waals surface area contributed by atoms with E-state index < -0.39 is 0 Å². The smallest absolute Gasteiger partial charge is 0.160 e. The Morgan fingerprint density at radius 3 is 2.48 bits per heavy atom. The molecule has 7 rings (SSSR count). The van der Waals surface area contributed by atoms with Crippen LogP contribution in [0.1, 0.15) is 108 Å². The van der Waals surface area contributed by atoms with Crippen molar-refractivity contribution in [2.45, 2.75) is 97.8 Å². The van der Waals surface area contributed by atoms with Gasteiger partial charge in [0, 0.05) is 35.5 Å². The molecule has 7 atom stereocenters. The second kappa shape index (κ2) is 8.20. The third kappa shape index (κ3) is 3.13. The quantitative estimate of drug-likeness (QED) is 0.240. The minimum Gasteiger partial charge on any atom is -0.504 e. The third-order valence-corrected chi connectivity index (χ3v) is 13.3. The van der Waals surface area contributed by atoms with Crippen molar-refractivity contribution in [1.82, 2.24) is 4.57 Å². The molecule has 0 saturated heterocycles. The largest absolute Gasteiger partial charge is 0.504 e. The van der Waals surface area contributed by atoms with Crippen molar-refractivity contribution >= 4 is 10.9 Å². The van der Waals surface area contributed by atoms with Gasteiger partial charge in [-0.1, -0.05) is 70.9 Å². The van der Waals surface area contributed by atoms with E-state index >= 15 is 0 Å². The Morgan fingerprint density at radius 1 is 0.950 bits per heavy atom. The summed E-state index contributed by atoms with van der Waals surface area (Å²) in [4.78, 5) is 0. The molecule has 3 heteroatoms. The average molecular weight is 538 g/mol. The summed E-state index contributed by atoms with van der Waals surface area (Å²) in [5.41, 5.74) is 7.97. The molecule has 0 amide bonds. The summed E-state index contributed by atoms with van der Waals surface area (Å²) >= 11 is 0. The third-order valence-electron chi connectivity index (χ3n) is 13.3. The molecule has 0 bridgehead atoms. The molecule has 0 spiro atoms. The van der Waals surface area contributed by atoms with Crippen LogP contribution in [0.4, 0.5) is 0 Å². The van der Waals surface area contributed by atoms with Crippen LogP contribution in [0.2, 0.25) is 0 Å². The fourth-order valence-corrected chi connectivity index (χ4v) is 10.7. The van der Waals surface area contributed by atoms with E-state index in [1.54, 1.807) is 5.57 Å². The fraction of sp³-hybridized carbons (Fsp3) is 0.568. The zero-order valence-corrected chi connectivity index (χ0v) is 25.6. The van der Waals surface area contributed by atoms with Gasteiger partial charge in [0.25, 0.3) is 0 Å². The van der Waals surface area contributed by atoms with Crippen molar-refractivity contribution in [3.05, 3.63) is 70.4 Å². The lowest BCUT2D eigenvalue weighted by Crippen LogP contribution is -2.61. The Bertz CT molecular complexity index is 1580. The first kappa shape index (κ1) is 26.2. The molecule has 2 N–H and O–H groups in total. The van der Waals surface area contributed by atoms with Crippen LogP contribution in [0.3, 0.4) is 0 Å². The van der Waals surface area contributed by atoms with Crippen LogP contribution in [0, 0.1) is 35.0 Å². The molecule has 4 aliphatic rings. The van der Waals surface area contributed by atoms with Crippen molar-refractivity contribution in [2.24, 2.45) is 35.1 Å². The van der Waals surface area contributed by atoms with E-state index in [9.17, 15) is 10.2 Å². The Hall–Kier alpha value is -2.68. The Morgan fingerprint density at radius 2 is 1.70 bits per heavy atom. The van der Waals surface area contributed by atoms with Crippen molar-refractivity contribution < 1.29 is 10.2 Å². The van der Waals surface area contributed by atoms with Gasteiger partial charge in [0.15, 0.2) is 11.5 Å². The topological polar surface area (TPSA) is 45.4 Å². The molecular weight excluding hydrogens is 490 g/mol. The van der Waals surface area contributed by atoms with Crippen LogP contribution in [-0.2, 0) is 12.5 Å². The predicted octanol–water partition coefficient (Wildman–Crippen LogP) is 9.27. The van der Waals surface area contributed by atoms with Crippen LogP contribution in [0.15, 0.2) is 48.2 Å². The van der Waals surface area contributed by atoms with Crippen LogP contribution in [-0.4, -0.2) is 14.8 Å². The first-order valence-corrected chi connectivity index (χ1v) is 15.7. The normalized spacial score (nSPS) is 38.7. The number of allylic oxidation sites excluding steroid dienone is 2. The van der Waals surface area contributed by atoms with Crippen molar-refractivity contribution in [3.63, 3.8) is 0 Å². The molecule has 4 aliphatic carbocycles. The number of nitrogens with zero attached hydrogens (tertiary/aromatic N) is 1. The monoisotopic (exact) mass is 537 g/mol. The first-order chi connectivity index (χ1) is 18.8.